The highest BCUT2D eigenvalue weighted by molar-refractivity contribution is 6.35. The minimum Gasteiger partial charge on any atom is -0.268 e. The molecule has 6 nitrogen and oxygen atoms in total. The zero-order chi connectivity index (χ0) is 33.6. The van der Waals surface area contributed by atoms with E-state index in [0.717, 1.165) is 67.4 Å². The van der Waals surface area contributed by atoms with Gasteiger partial charge in [0.25, 0.3) is 23.6 Å². The Hall–Kier alpha value is -6.54. The molecule has 0 N–H and O–H groups in total. The van der Waals surface area contributed by atoms with Crippen molar-refractivity contribution in [1.82, 2.24) is 0 Å². The van der Waals surface area contributed by atoms with Gasteiger partial charge in [0.05, 0.1) is 39.0 Å². The summed E-state index contributed by atoms with van der Waals surface area (Å²) in [7, 11) is 0. The van der Waals surface area contributed by atoms with Gasteiger partial charge >= 0.3 is 0 Å². The second kappa shape index (κ2) is 10.2. The Bertz CT molecular complexity index is 2280. The van der Waals surface area contributed by atoms with Crippen molar-refractivity contribution in [2.24, 2.45) is 0 Å². The molecule has 0 saturated carbocycles. The predicted molar refractivity (Wildman–Crippen MR) is 179 cm³/mol. The Morgan fingerprint density at radius 1 is 0.388 bits per heavy atom. The standard InChI is InChI=1S/C41H22F2N2O4/c42-25-13-19-31-33(21-25)39(48)44(37(31)46)27-15-9-23(10-16-27)41(35-7-3-1-5-29(35)30-6-2-4-8-36(30)41)24-11-17-28(18-12-24)45-38(47)32-20-14-26(43)22-34(32)40(45)49/h1-22H. The summed E-state index contributed by atoms with van der Waals surface area (Å²) in [5, 5.41) is 0. The molecule has 8 heteroatoms. The van der Waals surface area contributed by atoms with E-state index in [1.807, 2.05) is 48.5 Å². The number of carbonyl (C=O) groups is 4. The van der Waals surface area contributed by atoms with Gasteiger partial charge in [0.1, 0.15) is 11.6 Å². The quantitative estimate of drug-likeness (QED) is 0.183. The maximum absolute atomic E-state index is 14.0. The van der Waals surface area contributed by atoms with Gasteiger partial charge in [-0.05, 0) is 94.0 Å². The van der Waals surface area contributed by atoms with Gasteiger partial charge in [-0.15, -0.1) is 0 Å². The van der Waals surface area contributed by atoms with Crippen LogP contribution in [0.25, 0.3) is 11.1 Å². The molecule has 9 rings (SSSR count). The third-order valence-corrected chi connectivity index (χ3v) is 9.77. The average molecular weight is 645 g/mol. The summed E-state index contributed by atoms with van der Waals surface area (Å²) < 4.78 is 27.9. The lowest BCUT2D eigenvalue weighted by Crippen LogP contribution is -2.31. The molecule has 1 aliphatic carbocycles. The number of benzene rings is 6. The largest absolute Gasteiger partial charge is 0.268 e. The van der Waals surface area contributed by atoms with Gasteiger partial charge < -0.3 is 0 Å². The molecule has 4 amide bonds. The minimum absolute atomic E-state index is 0.0208. The molecule has 0 fully saturated rings. The van der Waals surface area contributed by atoms with E-state index in [-0.39, 0.29) is 22.3 Å². The van der Waals surface area contributed by atoms with Gasteiger partial charge in [-0.3, -0.25) is 19.2 Å². The summed E-state index contributed by atoms with van der Waals surface area (Å²) in [6.45, 7) is 0. The molecular weight excluding hydrogens is 622 g/mol. The predicted octanol–water partition coefficient (Wildman–Crippen LogP) is 7.93. The molecule has 2 heterocycles. The van der Waals surface area contributed by atoms with E-state index in [1.165, 1.54) is 12.1 Å². The third-order valence-electron chi connectivity index (χ3n) is 9.77. The summed E-state index contributed by atoms with van der Waals surface area (Å²) >= 11 is 0. The summed E-state index contributed by atoms with van der Waals surface area (Å²) in [5.41, 5.74) is 5.95. The molecule has 234 valence electrons. The van der Waals surface area contributed by atoms with Crippen molar-refractivity contribution < 1.29 is 28.0 Å². The average Bonchev–Trinajstić information content (AvgIpc) is 3.66. The fourth-order valence-electron chi connectivity index (χ4n) is 7.64. The summed E-state index contributed by atoms with van der Waals surface area (Å²) in [6.07, 6.45) is 0. The van der Waals surface area contributed by atoms with Crippen LogP contribution in [-0.4, -0.2) is 23.6 Å². The van der Waals surface area contributed by atoms with E-state index in [9.17, 15) is 28.0 Å². The van der Waals surface area contributed by atoms with Crippen LogP contribution in [0.1, 0.15) is 63.7 Å². The monoisotopic (exact) mass is 644 g/mol. The second-order valence-electron chi connectivity index (χ2n) is 12.2. The van der Waals surface area contributed by atoms with Crippen molar-refractivity contribution in [3.8, 4) is 11.1 Å². The molecule has 0 spiro atoms. The van der Waals surface area contributed by atoms with Gasteiger partial charge in [-0.25, -0.2) is 18.6 Å². The first-order valence-electron chi connectivity index (χ1n) is 15.6. The molecular formula is C41H22F2N2O4. The van der Waals surface area contributed by atoms with Crippen LogP contribution in [0.3, 0.4) is 0 Å². The molecule has 3 aliphatic rings. The Kier molecular flexibility index (Phi) is 5.98. The van der Waals surface area contributed by atoms with Crippen molar-refractivity contribution in [2.75, 3.05) is 9.80 Å². The van der Waals surface area contributed by atoms with Crippen molar-refractivity contribution in [1.29, 1.82) is 0 Å². The van der Waals surface area contributed by atoms with E-state index < -0.39 is 40.7 Å². The first-order chi connectivity index (χ1) is 23.8. The first kappa shape index (κ1) is 28.7. The number of anilines is 2. The number of amides is 4. The van der Waals surface area contributed by atoms with E-state index in [4.69, 9.17) is 0 Å². The van der Waals surface area contributed by atoms with E-state index in [1.54, 1.807) is 24.3 Å². The fraction of sp³-hybridized carbons (Fsp3) is 0.0244. The smallest absolute Gasteiger partial charge is 0.266 e. The van der Waals surface area contributed by atoms with Crippen LogP contribution in [0, 0.1) is 11.6 Å². The molecule has 6 aromatic rings. The number of hydrogen-bond acceptors (Lipinski definition) is 4. The summed E-state index contributed by atoms with van der Waals surface area (Å²) in [5.74, 6) is -3.42. The Morgan fingerprint density at radius 3 is 1.16 bits per heavy atom. The number of nitrogens with zero attached hydrogens (tertiary/aromatic N) is 2. The van der Waals surface area contributed by atoms with Crippen LogP contribution in [0.5, 0.6) is 0 Å². The Balaban J connectivity index is 1.18. The molecule has 6 aromatic carbocycles. The maximum Gasteiger partial charge on any atom is 0.266 e. The van der Waals surface area contributed by atoms with Crippen molar-refractivity contribution in [3.63, 3.8) is 0 Å². The topological polar surface area (TPSA) is 74.8 Å². The van der Waals surface area contributed by atoms with E-state index in [0.29, 0.717) is 11.4 Å². The van der Waals surface area contributed by atoms with Gasteiger partial charge in [0, 0.05) is 0 Å². The number of imide groups is 2. The SMILES string of the molecule is O=C1c2ccc(F)cc2C(=O)N1c1ccc(C2(c3ccc(N4C(=O)c5ccc(F)cc5C4=O)cc3)c3ccccc3-c3ccccc32)cc1. The van der Waals surface area contributed by atoms with Gasteiger partial charge in [-0.1, -0.05) is 72.8 Å². The Labute approximate surface area is 278 Å². The van der Waals surface area contributed by atoms with Crippen LogP contribution in [0.4, 0.5) is 20.2 Å². The maximum atomic E-state index is 14.0. The number of hydrogen-bond donors (Lipinski definition) is 0. The zero-order valence-electron chi connectivity index (χ0n) is 25.5. The van der Waals surface area contributed by atoms with Crippen LogP contribution >= 0.6 is 0 Å². The normalized spacial score (nSPS) is 15.4. The summed E-state index contributed by atoms with van der Waals surface area (Å²) in [4.78, 5) is 55.1. The molecule has 0 radical (unpaired) electrons. The number of halogens is 2. The van der Waals surface area contributed by atoms with Crippen LogP contribution in [-0.2, 0) is 5.41 Å². The number of rotatable bonds is 4. The van der Waals surface area contributed by atoms with Crippen LogP contribution in [0.2, 0.25) is 0 Å². The van der Waals surface area contributed by atoms with Gasteiger partial charge in [-0.2, -0.15) is 0 Å². The third kappa shape index (κ3) is 3.85. The number of fused-ring (bicyclic) bond motifs is 5. The lowest BCUT2D eigenvalue weighted by Gasteiger charge is -2.34. The highest BCUT2D eigenvalue weighted by atomic mass is 19.1. The molecule has 0 aromatic heterocycles. The molecule has 0 bridgehead atoms. The molecule has 0 unspecified atom stereocenters. The lowest BCUT2D eigenvalue weighted by molar-refractivity contribution is 0.0910. The lowest BCUT2D eigenvalue weighted by atomic mass is 9.67. The van der Waals surface area contributed by atoms with Crippen LogP contribution < -0.4 is 9.80 Å². The Morgan fingerprint density at radius 2 is 0.755 bits per heavy atom. The zero-order valence-corrected chi connectivity index (χ0v) is 25.5. The summed E-state index contributed by atoms with van der Waals surface area (Å²) in [6, 6.07) is 37.7. The highest BCUT2D eigenvalue weighted by Crippen LogP contribution is 2.56. The first-order valence-corrected chi connectivity index (χ1v) is 15.6. The second-order valence-corrected chi connectivity index (χ2v) is 12.2. The molecule has 2 aliphatic heterocycles. The van der Waals surface area contributed by atoms with E-state index >= 15 is 0 Å². The van der Waals surface area contributed by atoms with Crippen molar-refractivity contribution in [3.05, 3.63) is 190 Å². The molecule has 0 saturated heterocycles. The molecule has 49 heavy (non-hydrogen) atoms. The van der Waals surface area contributed by atoms with Crippen molar-refractivity contribution in [2.45, 2.75) is 5.41 Å². The highest BCUT2D eigenvalue weighted by Gasteiger charge is 2.47. The van der Waals surface area contributed by atoms with Gasteiger partial charge in [0.2, 0.25) is 0 Å². The fourth-order valence-corrected chi connectivity index (χ4v) is 7.64. The van der Waals surface area contributed by atoms with Crippen LogP contribution in [0.15, 0.2) is 133 Å². The minimum atomic E-state index is -0.861. The molecule has 0 atom stereocenters. The van der Waals surface area contributed by atoms with Gasteiger partial charge in [0.15, 0.2) is 0 Å². The van der Waals surface area contributed by atoms with Crippen molar-refractivity contribution >= 4 is 35.0 Å². The van der Waals surface area contributed by atoms with E-state index in [2.05, 4.69) is 24.3 Å². The number of carbonyl (C=O) groups excluding carboxylic acids is 4.